The summed E-state index contributed by atoms with van der Waals surface area (Å²) in [7, 11) is 0. The zero-order valence-electron chi connectivity index (χ0n) is 11.2. The molecule has 0 radical (unpaired) electrons. The Hall–Kier alpha value is -2.48. The Morgan fingerprint density at radius 1 is 1.29 bits per heavy atom. The fourth-order valence-corrected chi connectivity index (χ4v) is 2.36. The number of aryl methyl sites for hydroxylation is 2. The number of aromatic carboxylic acids is 1. The van der Waals surface area contributed by atoms with Gasteiger partial charge >= 0.3 is 12.0 Å². The lowest BCUT2D eigenvalue weighted by atomic mass is 10.2. The van der Waals surface area contributed by atoms with Crippen molar-refractivity contribution in [2.24, 2.45) is 0 Å². The van der Waals surface area contributed by atoms with Gasteiger partial charge in [-0.3, -0.25) is 5.32 Å². The highest BCUT2D eigenvalue weighted by Crippen LogP contribution is 2.21. The normalized spacial score (nSPS) is 10.2. The number of hydrogen-bond donors (Lipinski definition) is 3. The second-order valence-corrected chi connectivity index (χ2v) is 5.44. The molecule has 3 N–H and O–H groups in total. The van der Waals surface area contributed by atoms with Crippen molar-refractivity contribution in [3.05, 3.63) is 40.2 Å². The van der Waals surface area contributed by atoms with Crippen LogP contribution in [0.25, 0.3) is 0 Å². The number of thiazole rings is 1. The van der Waals surface area contributed by atoms with E-state index in [1.807, 2.05) is 13.8 Å². The molecule has 1 heterocycles. The number of nitrogens with one attached hydrogen (secondary N) is 2. The lowest BCUT2D eigenvalue weighted by Crippen LogP contribution is -2.19. The molecule has 2 rings (SSSR count). The molecule has 110 valence electrons. The van der Waals surface area contributed by atoms with Gasteiger partial charge in [-0.1, -0.05) is 0 Å². The van der Waals surface area contributed by atoms with Gasteiger partial charge in [0.2, 0.25) is 0 Å². The molecule has 0 spiro atoms. The highest BCUT2D eigenvalue weighted by atomic mass is 32.1. The lowest BCUT2D eigenvalue weighted by Gasteiger charge is -2.06. The number of carboxylic acid groups (broad SMARTS) is 1. The van der Waals surface area contributed by atoms with E-state index in [0.29, 0.717) is 5.13 Å². The summed E-state index contributed by atoms with van der Waals surface area (Å²) >= 11 is 1.33. The van der Waals surface area contributed by atoms with Crippen molar-refractivity contribution in [1.29, 1.82) is 0 Å². The number of carbonyl (C=O) groups excluding carboxylic acids is 1. The fraction of sp³-hybridized carbons (Fsp3) is 0.154. The molecule has 6 nitrogen and oxygen atoms in total. The lowest BCUT2D eigenvalue weighted by molar-refractivity contribution is 0.0692. The zero-order chi connectivity index (χ0) is 15.6. The Balaban J connectivity index is 2.06. The van der Waals surface area contributed by atoms with Crippen LogP contribution in [-0.4, -0.2) is 22.1 Å². The van der Waals surface area contributed by atoms with Crippen molar-refractivity contribution < 1.29 is 19.1 Å². The average Bonchev–Trinajstić information content (AvgIpc) is 2.67. The standard InChI is InChI=1S/C13H12FN3O3S/c1-6-7(2)21-13(15-6)17-12(20)16-8-3-4-9(11(18)19)10(14)5-8/h3-5H,1-2H3,(H,18,19)(H2,15,16,17,20). The number of anilines is 2. The van der Waals surface area contributed by atoms with E-state index in [-0.39, 0.29) is 5.69 Å². The first-order chi connectivity index (χ1) is 9.86. The van der Waals surface area contributed by atoms with E-state index in [9.17, 15) is 14.0 Å². The van der Waals surface area contributed by atoms with Crippen molar-refractivity contribution in [3.63, 3.8) is 0 Å². The summed E-state index contributed by atoms with van der Waals surface area (Å²) in [5.41, 5.74) is 0.527. The van der Waals surface area contributed by atoms with E-state index in [1.165, 1.54) is 17.4 Å². The van der Waals surface area contributed by atoms with Crippen LogP contribution in [0.5, 0.6) is 0 Å². The van der Waals surface area contributed by atoms with Gasteiger partial charge in [0.25, 0.3) is 0 Å². The molecule has 0 fully saturated rings. The average molecular weight is 309 g/mol. The Labute approximate surface area is 123 Å². The molecular weight excluding hydrogens is 297 g/mol. The molecule has 0 bridgehead atoms. The molecule has 0 aliphatic carbocycles. The Morgan fingerprint density at radius 2 is 2.00 bits per heavy atom. The van der Waals surface area contributed by atoms with Gasteiger partial charge in [0, 0.05) is 10.6 Å². The largest absolute Gasteiger partial charge is 0.478 e. The van der Waals surface area contributed by atoms with E-state index >= 15 is 0 Å². The zero-order valence-corrected chi connectivity index (χ0v) is 12.0. The minimum Gasteiger partial charge on any atom is -0.478 e. The van der Waals surface area contributed by atoms with Crippen molar-refractivity contribution in [3.8, 4) is 0 Å². The van der Waals surface area contributed by atoms with Crippen LogP contribution in [0.4, 0.5) is 20.0 Å². The summed E-state index contributed by atoms with van der Waals surface area (Å²) in [5, 5.41) is 14.1. The second-order valence-electron chi connectivity index (χ2n) is 4.24. The maximum absolute atomic E-state index is 13.5. The first-order valence-corrected chi connectivity index (χ1v) is 6.73. The number of hydrogen-bond acceptors (Lipinski definition) is 4. The van der Waals surface area contributed by atoms with Crippen LogP contribution in [0.3, 0.4) is 0 Å². The first-order valence-electron chi connectivity index (χ1n) is 5.91. The molecule has 2 aromatic rings. The van der Waals surface area contributed by atoms with Gasteiger partial charge < -0.3 is 10.4 Å². The summed E-state index contributed by atoms with van der Waals surface area (Å²) in [5.74, 6) is -2.28. The SMILES string of the molecule is Cc1nc(NC(=O)Nc2ccc(C(=O)O)c(F)c2)sc1C. The maximum atomic E-state index is 13.5. The smallest absolute Gasteiger partial charge is 0.338 e. The highest BCUT2D eigenvalue weighted by Gasteiger charge is 2.12. The van der Waals surface area contributed by atoms with Gasteiger partial charge in [0.15, 0.2) is 5.13 Å². The van der Waals surface area contributed by atoms with E-state index < -0.39 is 23.4 Å². The number of benzene rings is 1. The van der Waals surface area contributed by atoms with Crippen molar-refractivity contribution in [1.82, 2.24) is 4.98 Å². The molecule has 1 aromatic heterocycles. The first kappa shape index (κ1) is 14.9. The van der Waals surface area contributed by atoms with E-state index in [4.69, 9.17) is 5.11 Å². The number of rotatable bonds is 3. The third kappa shape index (κ3) is 3.54. The van der Waals surface area contributed by atoms with Crippen LogP contribution in [0.15, 0.2) is 18.2 Å². The van der Waals surface area contributed by atoms with Gasteiger partial charge in [-0.05, 0) is 32.0 Å². The van der Waals surface area contributed by atoms with Crippen molar-refractivity contribution in [2.75, 3.05) is 10.6 Å². The topological polar surface area (TPSA) is 91.3 Å². The molecule has 2 amide bonds. The monoisotopic (exact) mass is 309 g/mol. The number of amides is 2. The Morgan fingerprint density at radius 3 is 2.52 bits per heavy atom. The summed E-state index contributed by atoms with van der Waals surface area (Å²) in [6, 6.07) is 2.77. The van der Waals surface area contributed by atoms with E-state index in [0.717, 1.165) is 22.7 Å². The van der Waals surface area contributed by atoms with E-state index in [1.54, 1.807) is 0 Å². The molecule has 21 heavy (non-hydrogen) atoms. The van der Waals surface area contributed by atoms with Crippen LogP contribution in [0.1, 0.15) is 20.9 Å². The third-order valence-corrected chi connectivity index (χ3v) is 3.69. The molecular formula is C13H12FN3O3S. The molecule has 0 unspecified atom stereocenters. The summed E-state index contributed by atoms with van der Waals surface area (Å²) in [4.78, 5) is 27.6. The molecule has 0 saturated carbocycles. The number of nitrogens with zero attached hydrogens (tertiary/aromatic N) is 1. The van der Waals surface area contributed by atoms with Gasteiger partial charge in [0.1, 0.15) is 5.82 Å². The second kappa shape index (κ2) is 5.88. The summed E-state index contributed by atoms with van der Waals surface area (Å²) < 4.78 is 13.5. The molecule has 0 aliphatic rings. The van der Waals surface area contributed by atoms with Crippen molar-refractivity contribution >= 4 is 34.2 Å². The van der Waals surface area contributed by atoms with Crippen LogP contribution in [0.2, 0.25) is 0 Å². The van der Waals surface area contributed by atoms with E-state index in [2.05, 4.69) is 15.6 Å². The van der Waals surface area contributed by atoms with Crippen LogP contribution in [-0.2, 0) is 0 Å². The fourth-order valence-electron chi connectivity index (χ4n) is 1.55. The van der Waals surface area contributed by atoms with Gasteiger partial charge in [-0.25, -0.2) is 19.0 Å². The minimum absolute atomic E-state index is 0.153. The van der Waals surface area contributed by atoms with Crippen LogP contribution in [0, 0.1) is 19.7 Å². The molecule has 0 atom stereocenters. The molecule has 8 heteroatoms. The predicted molar refractivity (Wildman–Crippen MR) is 77.6 cm³/mol. The predicted octanol–water partition coefficient (Wildman–Crippen LogP) is 3.24. The maximum Gasteiger partial charge on any atom is 0.338 e. The van der Waals surface area contributed by atoms with Gasteiger partial charge in [0.05, 0.1) is 11.3 Å². The minimum atomic E-state index is -1.36. The molecule has 0 saturated heterocycles. The van der Waals surface area contributed by atoms with Crippen LogP contribution < -0.4 is 10.6 Å². The van der Waals surface area contributed by atoms with Gasteiger partial charge in [-0.2, -0.15) is 0 Å². The third-order valence-electron chi connectivity index (χ3n) is 2.71. The quantitative estimate of drug-likeness (QED) is 0.811. The number of carboxylic acids is 1. The summed E-state index contributed by atoms with van der Waals surface area (Å²) in [6.07, 6.45) is 0. The summed E-state index contributed by atoms with van der Waals surface area (Å²) in [6.45, 7) is 3.71. The molecule has 0 aliphatic heterocycles. The van der Waals surface area contributed by atoms with Gasteiger partial charge in [-0.15, -0.1) is 11.3 Å². The number of aromatic nitrogens is 1. The number of halogens is 1. The van der Waals surface area contributed by atoms with Crippen LogP contribution >= 0.6 is 11.3 Å². The Kier molecular flexibility index (Phi) is 4.18. The molecule has 1 aromatic carbocycles. The highest BCUT2D eigenvalue weighted by molar-refractivity contribution is 7.15. The number of urea groups is 1. The Bertz CT molecular complexity index is 695. The number of carbonyl (C=O) groups is 2. The van der Waals surface area contributed by atoms with Crippen molar-refractivity contribution in [2.45, 2.75) is 13.8 Å².